The Morgan fingerprint density at radius 2 is 1.89 bits per heavy atom. The number of hydrogen-bond donors (Lipinski definition) is 2. The number of unbranched alkanes of at least 4 members (excludes halogenated alkanes) is 2. The van der Waals surface area contributed by atoms with Crippen molar-refractivity contribution in [3.05, 3.63) is 59.7 Å². The number of allylic oxidation sites excluding steroid dienone is 1. The van der Waals surface area contributed by atoms with E-state index in [9.17, 15) is 15.0 Å². The number of benzene rings is 1. The molecule has 0 bridgehead atoms. The van der Waals surface area contributed by atoms with Crippen molar-refractivity contribution in [3.63, 3.8) is 0 Å². The Balaban J connectivity index is 1.36. The molecule has 204 valence electrons. The highest BCUT2D eigenvalue weighted by Crippen LogP contribution is 2.50. The van der Waals surface area contributed by atoms with E-state index in [4.69, 9.17) is 4.74 Å². The van der Waals surface area contributed by atoms with Gasteiger partial charge < -0.3 is 14.9 Å². The molecule has 0 heterocycles. The third-order valence-corrected chi connectivity index (χ3v) is 9.51. The molecule has 0 saturated heterocycles. The Bertz CT molecular complexity index is 933. The first-order chi connectivity index (χ1) is 17.8. The topological polar surface area (TPSA) is 66.8 Å². The Labute approximate surface area is 224 Å². The first-order valence-corrected chi connectivity index (χ1v) is 14.8. The maximum Gasteiger partial charge on any atom is 0.330 e. The summed E-state index contributed by atoms with van der Waals surface area (Å²) in [5, 5.41) is 21.0. The molecule has 4 heteroatoms. The zero-order chi connectivity index (χ0) is 26.4. The quantitative estimate of drug-likeness (QED) is 0.156. The molecule has 0 amide bonds. The lowest BCUT2D eigenvalue weighted by Gasteiger charge is -2.42. The minimum atomic E-state index is -0.437. The fourth-order valence-corrected chi connectivity index (χ4v) is 7.34. The number of hydrogen-bond acceptors (Lipinski definition) is 4. The molecule has 1 aromatic carbocycles. The number of aliphatic hydroxyl groups is 2. The maximum absolute atomic E-state index is 13.1. The van der Waals surface area contributed by atoms with Gasteiger partial charge in [-0.1, -0.05) is 94.5 Å². The lowest BCUT2D eigenvalue weighted by atomic mass is 9.66. The van der Waals surface area contributed by atoms with Crippen molar-refractivity contribution in [2.24, 2.45) is 23.7 Å². The van der Waals surface area contributed by atoms with Gasteiger partial charge in [-0.05, 0) is 67.8 Å². The normalized spacial score (nSPS) is 32.1. The van der Waals surface area contributed by atoms with E-state index in [0.29, 0.717) is 17.8 Å². The molecule has 0 radical (unpaired) electrons. The van der Waals surface area contributed by atoms with Crippen LogP contribution in [0.5, 0.6) is 0 Å². The van der Waals surface area contributed by atoms with Crippen LogP contribution in [0.1, 0.15) is 97.0 Å². The summed E-state index contributed by atoms with van der Waals surface area (Å²) in [6.07, 6.45) is 15.7. The van der Waals surface area contributed by atoms with Gasteiger partial charge in [0.1, 0.15) is 6.10 Å². The predicted octanol–water partition coefficient (Wildman–Crippen LogP) is 6.90. The molecule has 3 aliphatic carbocycles. The Morgan fingerprint density at radius 3 is 2.65 bits per heavy atom. The summed E-state index contributed by atoms with van der Waals surface area (Å²) >= 11 is 0. The van der Waals surface area contributed by atoms with Gasteiger partial charge in [-0.15, -0.1) is 0 Å². The highest BCUT2D eigenvalue weighted by atomic mass is 16.5. The maximum atomic E-state index is 13.1. The SMILES string of the molecule is CCCCC[C@H](O)/C=C/[C@@H]1[C@H]2C/C(=C\C(=O)O[C@H]3CCCC[C@@H]3C(C)(C)c3ccccc3)C[C@H]2C[C@H]1O. The van der Waals surface area contributed by atoms with Crippen molar-refractivity contribution in [3.8, 4) is 0 Å². The molecule has 0 unspecified atom stereocenters. The molecule has 0 aromatic heterocycles. The number of fused-ring (bicyclic) bond motifs is 1. The second-order valence-corrected chi connectivity index (χ2v) is 12.4. The molecule has 4 rings (SSSR count). The second kappa shape index (κ2) is 12.8. The van der Waals surface area contributed by atoms with E-state index in [1.165, 1.54) is 12.0 Å². The van der Waals surface area contributed by atoms with Crippen LogP contribution in [0.4, 0.5) is 0 Å². The van der Waals surface area contributed by atoms with Crippen molar-refractivity contribution in [1.82, 2.24) is 0 Å². The highest BCUT2D eigenvalue weighted by molar-refractivity contribution is 5.83. The van der Waals surface area contributed by atoms with Gasteiger partial charge in [0.2, 0.25) is 0 Å². The number of carbonyl (C=O) groups is 1. The molecule has 0 aliphatic heterocycles. The molecule has 0 spiro atoms. The van der Waals surface area contributed by atoms with Crippen LogP contribution in [-0.4, -0.2) is 34.5 Å². The van der Waals surface area contributed by atoms with Gasteiger partial charge in [0, 0.05) is 17.9 Å². The molecule has 1 aromatic rings. The van der Waals surface area contributed by atoms with Crippen LogP contribution in [0.2, 0.25) is 0 Å². The molecule has 3 aliphatic rings. The van der Waals surface area contributed by atoms with Crippen molar-refractivity contribution in [1.29, 1.82) is 0 Å². The molecule has 3 saturated carbocycles. The van der Waals surface area contributed by atoms with E-state index in [0.717, 1.165) is 69.8 Å². The molecule has 3 fully saturated rings. The van der Waals surface area contributed by atoms with E-state index in [-0.39, 0.29) is 29.5 Å². The largest absolute Gasteiger partial charge is 0.459 e. The van der Waals surface area contributed by atoms with Crippen LogP contribution in [0.15, 0.2) is 54.1 Å². The van der Waals surface area contributed by atoms with Gasteiger partial charge in [0.15, 0.2) is 0 Å². The van der Waals surface area contributed by atoms with Gasteiger partial charge in [0.25, 0.3) is 0 Å². The van der Waals surface area contributed by atoms with Gasteiger partial charge in [0.05, 0.1) is 12.2 Å². The lowest BCUT2D eigenvalue weighted by molar-refractivity contribution is -0.149. The van der Waals surface area contributed by atoms with Gasteiger partial charge in [-0.3, -0.25) is 0 Å². The average Bonchev–Trinajstić information content (AvgIpc) is 3.39. The van der Waals surface area contributed by atoms with Crippen LogP contribution in [0, 0.1) is 23.7 Å². The first kappa shape index (κ1) is 28.1. The Hall–Kier alpha value is -1.91. The Morgan fingerprint density at radius 1 is 1.14 bits per heavy atom. The summed E-state index contributed by atoms with van der Waals surface area (Å²) in [6.45, 7) is 6.74. The van der Waals surface area contributed by atoms with E-state index in [2.05, 4.69) is 51.1 Å². The van der Waals surface area contributed by atoms with E-state index in [1.54, 1.807) is 6.08 Å². The first-order valence-electron chi connectivity index (χ1n) is 14.8. The third kappa shape index (κ3) is 6.95. The average molecular weight is 509 g/mol. The fourth-order valence-electron chi connectivity index (χ4n) is 7.34. The van der Waals surface area contributed by atoms with E-state index < -0.39 is 6.10 Å². The summed E-state index contributed by atoms with van der Waals surface area (Å²) in [4.78, 5) is 13.1. The summed E-state index contributed by atoms with van der Waals surface area (Å²) in [5.41, 5.74) is 2.41. The van der Waals surface area contributed by atoms with Crippen LogP contribution in [0.3, 0.4) is 0 Å². The fraction of sp³-hybridized carbons (Fsp3) is 0.667. The third-order valence-electron chi connectivity index (χ3n) is 9.51. The zero-order valence-corrected chi connectivity index (χ0v) is 23.1. The molecule has 37 heavy (non-hydrogen) atoms. The van der Waals surface area contributed by atoms with E-state index in [1.807, 2.05) is 12.2 Å². The van der Waals surface area contributed by atoms with Gasteiger partial charge >= 0.3 is 5.97 Å². The van der Waals surface area contributed by atoms with Crippen molar-refractivity contribution < 1.29 is 19.7 Å². The number of ether oxygens (including phenoxy) is 1. The van der Waals surface area contributed by atoms with Crippen molar-refractivity contribution in [2.75, 3.05) is 0 Å². The second-order valence-electron chi connectivity index (χ2n) is 12.4. The molecule has 2 N–H and O–H groups in total. The summed E-state index contributed by atoms with van der Waals surface area (Å²) in [6, 6.07) is 10.6. The summed E-state index contributed by atoms with van der Waals surface area (Å²) in [7, 11) is 0. The number of aliphatic hydroxyl groups excluding tert-OH is 2. The van der Waals surface area contributed by atoms with Gasteiger partial charge in [-0.25, -0.2) is 4.79 Å². The highest BCUT2D eigenvalue weighted by Gasteiger charge is 2.45. The monoisotopic (exact) mass is 508 g/mol. The summed E-state index contributed by atoms with van der Waals surface area (Å²) in [5.74, 6) is 0.909. The van der Waals surface area contributed by atoms with Crippen LogP contribution in [0.25, 0.3) is 0 Å². The standard InChI is InChI=1S/C33H48O4/c1-4-5-7-14-26(34)17-18-27-28-20-23(19-24(28)22-30(27)35)21-32(36)37-31-16-11-10-15-29(31)33(2,3)25-12-8-6-9-13-25/h6,8-9,12-13,17-18,21,24,26-31,34-35H,4-5,7,10-11,14-16,19-20,22H2,1-3H3/b18-17+,23-21-/t24-,26-,27+,28-,29-,30+,31-/m0/s1. The minimum Gasteiger partial charge on any atom is -0.459 e. The molecular formula is C33H48O4. The van der Waals surface area contributed by atoms with Crippen molar-refractivity contribution in [2.45, 2.75) is 115 Å². The minimum absolute atomic E-state index is 0.0546. The van der Waals surface area contributed by atoms with Crippen LogP contribution < -0.4 is 0 Å². The van der Waals surface area contributed by atoms with Gasteiger partial charge in [-0.2, -0.15) is 0 Å². The predicted molar refractivity (Wildman–Crippen MR) is 149 cm³/mol. The number of esters is 1. The van der Waals surface area contributed by atoms with Crippen LogP contribution in [-0.2, 0) is 14.9 Å². The zero-order valence-electron chi connectivity index (χ0n) is 23.1. The van der Waals surface area contributed by atoms with E-state index >= 15 is 0 Å². The van der Waals surface area contributed by atoms with Crippen LogP contribution >= 0.6 is 0 Å². The lowest BCUT2D eigenvalue weighted by Crippen LogP contribution is -2.41. The summed E-state index contributed by atoms with van der Waals surface area (Å²) < 4.78 is 6.16. The van der Waals surface area contributed by atoms with Crippen molar-refractivity contribution >= 4 is 5.97 Å². The smallest absolute Gasteiger partial charge is 0.330 e. The number of rotatable bonds is 10. The Kier molecular flexibility index (Phi) is 9.69. The molecule has 4 nitrogen and oxygen atoms in total. The molecule has 7 atom stereocenters. The molecular weight excluding hydrogens is 460 g/mol. The number of carbonyl (C=O) groups excluding carboxylic acids is 1.